The molecule has 2 aromatic carbocycles. The topological polar surface area (TPSA) is 97.0 Å². The van der Waals surface area contributed by atoms with Gasteiger partial charge in [-0.15, -0.1) is 11.3 Å². The molecule has 0 radical (unpaired) electrons. The number of nitrogens with one attached hydrogen (secondary N) is 2. The van der Waals surface area contributed by atoms with Crippen molar-refractivity contribution < 1.29 is 40.2 Å². The van der Waals surface area contributed by atoms with Crippen LogP contribution in [-0.2, 0) is 21.0 Å². The van der Waals surface area contributed by atoms with Gasteiger partial charge in [0.25, 0.3) is 0 Å². The zero-order valence-corrected chi connectivity index (χ0v) is 27.1. The van der Waals surface area contributed by atoms with E-state index in [1.165, 1.54) is 30.2 Å². The first-order chi connectivity index (χ1) is 20.9. The van der Waals surface area contributed by atoms with Crippen LogP contribution in [0.4, 0.5) is 33.7 Å². The predicted octanol–water partition coefficient (Wildman–Crippen LogP) is 6.64. The molecule has 1 aromatic heterocycles. The van der Waals surface area contributed by atoms with E-state index in [4.69, 9.17) is 9.47 Å². The summed E-state index contributed by atoms with van der Waals surface area (Å²) in [7, 11) is -2.06. The van der Waals surface area contributed by atoms with E-state index in [2.05, 4.69) is 22.5 Å². The number of halogens is 4. The van der Waals surface area contributed by atoms with Crippen LogP contribution in [0.15, 0.2) is 41.3 Å². The molecular formula is C31H35F4N3O5S2. The third-order valence-electron chi connectivity index (χ3n) is 6.90. The number of amides is 1. The molecule has 0 bridgehead atoms. The quantitative estimate of drug-likeness (QED) is 0.215. The number of rotatable bonds is 7. The van der Waals surface area contributed by atoms with Crippen molar-refractivity contribution >= 4 is 48.7 Å². The molecule has 1 saturated heterocycles. The van der Waals surface area contributed by atoms with E-state index in [1.54, 1.807) is 39.0 Å². The van der Waals surface area contributed by atoms with Gasteiger partial charge in [0.1, 0.15) is 17.5 Å². The van der Waals surface area contributed by atoms with Gasteiger partial charge in [0.15, 0.2) is 9.84 Å². The lowest BCUT2D eigenvalue weighted by molar-refractivity contribution is -0.126. The average molecular weight is 670 g/mol. The average Bonchev–Trinajstić information content (AvgIpc) is 3.27. The van der Waals surface area contributed by atoms with Gasteiger partial charge in [0, 0.05) is 18.9 Å². The minimum Gasteiger partial charge on any atom is -0.495 e. The van der Waals surface area contributed by atoms with E-state index >= 15 is 4.39 Å². The first-order valence-electron chi connectivity index (χ1n) is 14.1. The number of likely N-dealkylation sites (tertiary alicyclic amines) is 1. The molecule has 45 heavy (non-hydrogen) atoms. The number of benzene rings is 2. The van der Waals surface area contributed by atoms with Crippen molar-refractivity contribution in [2.75, 3.05) is 43.6 Å². The number of alkyl halides is 4. The van der Waals surface area contributed by atoms with Crippen molar-refractivity contribution in [2.24, 2.45) is 0 Å². The van der Waals surface area contributed by atoms with E-state index in [0.717, 1.165) is 17.6 Å². The molecule has 1 aliphatic heterocycles. The third-order valence-corrected chi connectivity index (χ3v) is 9.21. The lowest BCUT2D eigenvalue weighted by atomic mass is 10.0. The van der Waals surface area contributed by atoms with E-state index in [9.17, 15) is 26.4 Å². The molecule has 1 fully saturated rings. The van der Waals surface area contributed by atoms with Crippen LogP contribution in [0.5, 0.6) is 5.75 Å². The molecule has 244 valence electrons. The molecule has 14 heteroatoms. The highest BCUT2D eigenvalue weighted by Crippen LogP contribution is 2.39. The van der Waals surface area contributed by atoms with Gasteiger partial charge in [-0.3, -0.25) is 0 Å². The second-order valence-corrected chi connectivity index (χ2v) is 14.7. The van der Waals surface area contributed by atoms with Crippen molar-refractivity contribution in [3.8, 4) is 17.6 Å². The second kappa shape index (κ2) is 13.3. The zero-order valence-electron chi connectivity index (χ0n) is 25.5. The number of anilines is 2. The number of hydrogen-bond acceptors (Lipinski definition) is 8. The molecule has 8 nitrogen and oxygen atoms in total. The molecule has 0 saturated carbocycles. The molecule has 2 heterocycles. The summed E-state index contributed by atoms with van der Waals surface area (Å²) < 4.78 is 91.0. The maximum atomic E-state index is 15.2. The summed E-state index contributed by atoms with van der Waals surface area (Å²) >= 11 is 1.09. The standard InChI is InChI=1S/C31H35F4N3O5S2/c1-30(2,3)43-29(39)38-15-13-23(22(32)18-38)37-25-9-6-8-20-21(17-31(33,34)35)27(44-28(20)25)10-7-14-36-24-12-11-19(45(5,40)41)16-26(24)42-4/h6,8-9,11-12,16,22-23,36-37H,13-15,17-18H2,1-5H3/t22-,23+/m0/s1. The Balaban J connectivity index is 1.55. The minimum atomic E-state index is -4.49. The van der Waals surface area contributed by atoms with Crippen LogP contribution in [0.2, 0.25) is 0 Å². The Morgan fingerprint density at radius 2 is 1.89 bits per heavy atom. The van der Waals surface area contributed by atoms with Crippen molar-refractivity contribution in [1.82, 2.24) is 4.90 Å². The van der Waals surface area contributed by atoms with Gasteiger partial charge in [0.05, 0.1) is 58.5 Å². The van der Waals surface area contributed by atoms with Gasteiger partial charge >= 0.3 is 12.3 Å². The number of fused-ring (bicyclic) bond motifs is 1. The maximum absolute atomic E-state index is 15.2. The summed E-state index contributed by atoms with van der Waals surface area (Å²) in [6.07, 6.45) is -6.33. The predicted molar refractivity (Wildman–Crippen MR) is 168 cm³/mol. The van der Waals surface area contributed by atoms with Gasteiger partial charge in [-0.1, -0.05) is 24.0 Å². The summed E-state index contributed by atoms with van der Waals surface area (Å²) in [5, 5.41) is 6.54. The lowest BCUT2D eigenvalue weighted by Gasteiger charge is -2.36. The monoisotopic (exact) mass is 669 g/mol. The smallest absolute Gasteiger partial charge is 0.410 e. The largest absolute Gasteiger partial charge is 0.495 e. The van der Waals surface area contributed by atoms with Crippen LogP contribution in [0.1, 0.15) is 37.6 Å². The van der Waals surface area contributed by atoms with Crippen LogP contribution in [0.25, 0.3) is 10.1 Å². The van der Waals surface area contributed by atoms with Crippen molar-refractivity contribution in [3.63, 3.8) is 0 Å². The van der Waals surface area contributed by atoms with Gasteiger partial charge in [-0.25, -0.2) is 17.6 Å². The third kappa shape index (κ3) is 8.94. The number of ether oxygens (including phenoxy) is 2. The number of carbonyl (C=O) groups is 1. The van der Waals surface area contributed by atoms with Crippen LogP contribution in [0.3, 0.4) is 0 Å². The van der Waals surface area contributed by atoms with Gasteiger partial charge in [0.2, 0.25) is 0 Å². The van der Waals surface area contributed by atoms with Crippen LogP contribution in [-0.4, -0.2) is 76.4 Å². The van der Waals surface area contributed by atoms with Crippen LogP contribution >= 0.6 is 11.3 Å². The number of thiophene rings is 1. The molecule has 0 aliphatic carbocycles. The summed E-state index contributed by atoms with van der Waals surface area (Å²) in [6.45, 7) is 5.33. The Bertz CT molecular complexity index is 1720. The second-order valence-electron chi connectivity index (χ2n) is 11.7. The molecule has 2 N–H and O–H groups in total. The molecule has 4 rings (SSSR count). The van der Waals surface area contributed by atoms with Crippen molar-refractivity contribution in [2.45, 2.75) is 62.5 Å². The van der Waals surface area contributed by atoms with Crippen molar-refractivity contribution in [1.29, 1.82) is 0 Å². The van der Waals surface area contributed by atoms with Crippen LogP contribution in [0, 0.1) is 11.8 Å². The number of nitrogens with zero attached hydrogens (tertiary/aromatic N) is 1. The summed E-state index contributed by atoms with van der Waals surface area (Å²) in [4.78, 5) is 14.0. The Morgan fingerprint density at radius 1 is 1.16 bits per heavy atom. The number of piperidine rings is 1. The van der Waals surface area contributed by atoms with Gasteiger partial charge in [-0.2, -0.15) is 13.2 Å². The first kappa shape index (κ1) is 34.2. The molecule has 2 atom stereocenters. The first-order valence-corrected chi connectivity index (χ1v) is 16.8. The fourth-order valence-corrected chi connectivity index (χ4v) is 6.64. The number of hydrogen-bond donors (Lipinski definition) is 2. The van der Waals surface area contributed by atoms with Gasteiger partial charge in [-0.05, 0) is 56.3 Å². The highest BCUT2D eigenvalue weighted by atomic mass is 32.2. The highest BCUT2D eigenvalue weighted by molar-refractivity contribution is 7.90. The van der Waals surface area contributed by atoms with Crippen molar-refractivity contribution in [3.05, 3.63) is 46.8 Å². The molecule has 1 aliphatic rings. The fourth-order valence-electron chi connectivity index (χ4n) is 4.83. The Hall–Kier alpha value is -3.70. The summed E-state index contributed by atoms with van der Waals surface area (Å²) in [5.41, 5.74) is 0.276. The SMILES string of the molecule is COc1cc(S(C)(=O)=O)ccc1NCC#Cc1sc2c(N[C@@H]3CCN(C(=O)OC(C)(C)C)C[C@@H]3F)cccc2c1CC(F)(F)F. The Kier molecular flexibility index (Phi) is 10.1. The number of carbonyl (C=O) groups excluding carboxylic acids is 1. The Labute approximate surface area is 264 Å². The lowest BCUT2D eigenvalue weighted by Crippen LogP contribution is -2.51. The van der Waals surface area contributed by atoms with Crippen LogP contribution < -0.4 is 15.4 Å². The highest BCUT2D eigenvalue weighted by Gasteiger charge is 2.35. The van der Waals surface area contributed by atoms with E-state index in [1.807, 2.05) is 0 Å². The molecule has 3 aromatic rings. The fraction of sp³-hybridized carbons (Fsp3) is 0.452. The van der Waals surface area contributed by atoms with E-state index in [0.29, 0.717) is 21.5 Å². The van der Waals surface area contributed by atoms with Gasteiger partial charge < -0.3 is 25.0 Å². The number of methoxy groups -OCH3 is 1. The van der Waals surface area contributed by atoms with E-state index in [-0.39, 0.29) is 47.1 Å². The summed E-state index contributed by atoms with van der Waals surface area (Å²) in [5.74, 6) is 5.98. The molecule has 1 amide bonds. The van der Waals surface area contributed by atoms with E-state index < -0.39 is 46.3 Å². The number of sulfone groups is 1. The molecule has 0 spiro atoms. The Morgan fingerprint density at radius 3 is 2.51 bits per heavy atom. The maximum Gasteiger partial charge on any atom is 0.410 e. The molecular weight excluding hydrogens is 634 g/mol. The normalized spacial score (nSPS) is 17.4. The zero-order chi connectivity index (χ0) is 33.2. The molecule has 0 unspecified atom stereocenters. The summed E-state index contributed by atoms with van der Waals surface area (Å²) in [6, 6.07) is 8.55. The minimum absolute atomic E-state index is 0.0327.